The number of piperazine rings is 1. The molecule has 0 saturated carbocycles. The highest BCUT2D eigenvalue weighted by Gasteiger charge is 2.37. The maximum atomic E-state index is 12.8. The summed E-state index contributed by atoms with van der Waals surface area (Å²) in [7, 11) is 0. The molecule has 5 rings (SSSR count). The molecule has 2 saturated heterocycles. The number of carbonyl (C=O) groups is 2. The molecular formula is C23H22BrN3O3. The molecule has 3 heterocycles. The summed E-state index contributed by atoms with van der Waals surface area (Å²) in [5.41, 5.74) is 1.46. The molecule has 2 aliphatic heterocycles. The summed E-state index contributed by atoms with van der Waals surface area (Å²) < 4.78 is 6.70. The van der Waals surface area contributed by atoms with E-state index in [0.29, 0.717) is 24.9 Å². The third-order valence-electron chi connectivity index (χ3n) is 5.98. The number of benzene rings is 2. The Morgan fingerprint density at radius 1 is 0.867 bits per heavy atom. The van der Waals surface area contributed by atoms with Crippen molar-refractivity contribution in [3.63, 3.8) is 0 Å². The highest BCUT2D eigenvalue weighted by molar-refractivity contribution is 9.10. The van der Waals surface area contributed by atoms with Crippen LogP contribution in [0.15, 0.2) is 63.5 Å². The van der Waals surface area contributed by atoms with Crippen molar-refractivity contribution in [2.24, 2.45) is 0 Å². The molecule has 0 radical (unpaired) electrons. The number of halogens is 1. The monoisotopic (exact) mass is 467 g/mol. The van der Waals surface area contributed by atoms with Gasteiger partial charge in [-0.25, -0.2) is 0 Å². The second-order valence-corrected chi connectivity index (χ2v) is 8.77. The van der Waals surface area contributed by atoms with Gasteiger partial charge in [0.1, 0.15) is 5.58 Å². The normalized spacial score (nSPS) is 17.9. The summed E-state index contributed by atoms with van der Waals surface area (Å²) in [5, 5.41) is 0.920. The van der Waals surface area contributed by atoms with Crippen molar-refractivity contribution in [3.8, 4) is 0 Å². The molecule has 2 fully saturated rings. The van der Waals surface area contributed by atoms with Crippen LogP contribution in [0.3, 0.4) is 0 Å². The number of carbonyl (C=O) groups excluding carboxylic acids is 2. The van der Waals surface area contributed by atoms with Crippen LogP contribution in [0.4, 0.5) is 0 Å². The zero-order valence-electron chi connectivity index (χ0n) is 16.5. The lowest BCUT2D eigenvalue weighted by atomic mass is 10.0. The Kier molecular flexibility index (Phi) is 5.08. The van der Waals surface area contributed by atoms with Crippen molar-refractivity contribution in [2.75, 3.05) is 39.3 Å². The number of hydrogen-bond acceptors (Lipinski definition) is 4. The molecule has 3 aromatic rings. The van der Waals surface area contributed by atoms with Gasteiger partial charge in [0.15, 0.2) is 5.76 Å². The lowest BCUT2D eigenvalue weighted by Gasteiger charge is -2.47. The van der Waals surface area contributed by atoms with Crippen molar-refractivity contribution in [1.82, 2.24) is 14.7 Å². The van der Waals surface area contributed by atoms with Crippen molar-refractivity contribution in [2.45, 2.75) is 6.04 Å². The van der Waals surface area contributed by atoms with Crippen molar-refractivity contribution in [1.29, 1.82) is 0 Å². The Bertz CT molecular complexity index is 1080. The van der Waals surface area contributed by atoms with E-state index in [2.05, 4.69) is 20.8 Å². The molecule has 7 heteroatoms. The van der Waals surface area contributed by atoms with Gasteiger partial charge in [0.25, 0.3) is 11.8 Å². The van der Waals surface area contributed by atoms with E-state index in [-0.39, 0.29) is 11.8 Å². The second kappa shape index (κ2) is 7.89. The van der Waals surface area contributed by atoms with Gasteiger partial charge in [-0.15, -0.1) is 0 Å². The first kappa shape index (κ1) is 19.3. The third kappa shape index (κ3) is 3.63. The van der Waals surface area contributed by atoms with Crippen LogP contribution in [0.2, 0.25) is 0 Å². The van der Waals surface area contributed by atoms with E-state index in [9.17, 15) is 9.59 Å². The minimum Gasteiger partial charge on any atom is -0.451 e. The van der Waals surface area contributed by atoms with E-state index in [1.807, 2.05) is 64.4 Å². The molecule has 2 aliphatic rings. The lowest BCUT2D eigenvalue weighted by Crippen LogP contribution is -2.64. The quantitative estimate of drug-likeness (QED) is 0.591. The number of fused-ring (bicyclic) bond motifs is 1. The molecule has 0 spiro atoms. The molecule has 0 aliphatic carbocycles. The van der Waals surface area contributed by atoms with Crippen LogP contribution in [0, 0.1) is 0 Å². The smallest absolute Gasteiger partial charge is 0.289 e. The Morgan fingerprint density at radius 2 is 1.60 bits per heavy atom. The van der Waals surface area contributed by atoms with E-state index < -0.39 is 0 Å². The van der Waals surface area contributed by atoms with Gasteiger partial charge in [0.2, 0.25) is 0 Å². The van der Waals surface area contributed by atoms with Gasteiger partial charge < -0.3 is 14.2 Å². The molecule has 0 atom stereocenters. The SMILES string of the molecule is O=C(c1ccccc1)N1CCN(C2CN(C(=O)c3cc4cc(Br)ccc4o3)C2)CC1. The van der Waals surface area contributed by atoms with Gasteiger partial charge >= 0.3 is 0 Å². The molecule has 2 aromatic carbocycles. The van der Waals surface area contributed by atoms with E-state index in [0.717, 1.165) is 47.2 Å². The standard InChI is InChI=1S/C23H22BrN3O3/c24-18-6-7-20-17(12-18)13-21(30-20)23(29)27-14-19(15-27)25-8-10-26(11-9-25)22(28)16-4-2-1-3-5-16/h1-7,12-13,19H,8-11,14-15H2. The summed E-state index contributed by atoms with van der Waals surface area (Å²) in [6.07, 6.45) is 0. The highest BCUT2D eigenvalue weighted by Crippen LogP contribution is 2.26. The largest absolute Gasteiger partial charge is 0.451 e. The average Bonchev–Trinajstić information content (AvgIpc) is 3.16. The summed E-state index contributed by atoms with van der Waals surface area (Å²) in [6, 6.07) is 17.3. The van der Waals surface area contributed by atoms with Crippen LogP contribution in [0.1, 0.15) is 20.9 Å². The summed E-state index contributed by atoms with van der Waals surface area (Å²) in [4.78, 5) is 31.5. The minimum atomic E-state index is -0.0588. The predicted molar refractivity (Wildman–Crippen MR) is 118 cm³/mol. The average molecular weight is 468 g/mol. The van der Waals surface area contributed by atoms with Crippen molar-refractivity contribution >= 4 is 38.7 Å². The van der Waals surface area contributed by atoms with E-state index in [1.165, 1.54) is 0 Å². The fourth-order valence-electron chi connectivity index (χ4n) is 4.18. The molecule has 0 N–H and O–H groups in total. The van der Waals surface area contributed by atoms with Gasteiger partial charge in [-0.1, -0.05) is 34.1 Å². The molecule has 30 heavy (non-hydrogen) atoms. The molecule has 1 aromatic heterocycles. The zero-order valence-corrected chi connectivity index (χ0v) is 18.0. The first-order valence-electron chi connectivity index (χ1n) is 10.2. The topological polar surface area (TPSA) is 57.0 Å². The number of amides is 2. The summed E-state index contributed by atoms with van der Waals surface area (Å²) in [6.45, 7) is 4.51. The predicted octanol–water partition coefficient (Wildman–Crippen LogP) is 3.48. The van der Waals surface area contributed by atoms with Crippen molar-refractivity contribution < 1.29 is 14.0 Å². The Hall–Kier alpha value is -2.64. The minimum absolute atomic E-state index is 0.0588. The maximum Gasteiger partial charge on any atom is 0.289 e. The number of rotatable bonds is 3. The third-order valence-corrected chi connectivity index (χ3v) is 6.47. The molecule has 2 amide bonds. The summed E-state index contributed by atoms with van der Waals surface area (Å²) in [5.74, 6) is 0.425. The number of nitrogens with zero attached hydrogens (tertiary/aromatic N) is 3. The number of furan rings is 1. The number of likely N-dealkylation sites (tertiary alicyclic amines) is 1. The van der Waals surface area contributed by atoms with Gasteiger partial charge in [-0.2, -0.15) is 0 Å². The number of hydrogen-bond donors (Lipinski definition) is 0. The first-order valence-corrected chi connectivity index (χ1v) is 10.9. The van der Waals surface area contributed by atoms with Gasteiger partial charge in [-0.3, -0.25) is 14.5 Å². The molecule has 0 unspecified atom stereocenters. The van der Waals surface area contributed by atoms with Crippen molar-refractivity contribution in [3.05, 3.63) is 70.4 Å². The van der Waals surface area contributed by atoms with E-state index in [4.69, 9.17) is 4.42 Å². The van der Waals surface area contributed by atoms with Crippen LogP contribution >= 0.6 is 15.9 Å². The first-order chi connectivity index (χ1) is 14.6. The summed E-state index contributed by atoms with van der Waals surface area (Å²) >= 11 is 3.44. The van der Waals surface area contributed by atoms with Gasteiger partial charge in [0, 0.05) is 60.7 Å². The molecule has 154 valence electrons. The molecule has 6 nitrogen and oxygen atoms in total. The van der Waals surface area contributed by atoms with E-state index >= 15 is 0 Å². The Labute approximate surface area is 183 Å². The Morgan fingerprint density at radius 3 is 2.33 bits per heavy atom. The fourth-order valence-corrected chi connectivity index (χ4v) is 4.56. The van der Waals surface area contributed by atoms with Crippen LogP contribution in [0.25, 0.3) is 11.0 Å². The molecular weight excluding hydrogens is 446 g/mol. The lowest BCUT2D eigenvalue weighted by molar-refractivity contribution is 0.00709. The Balaban J connectivity index is 1.14. The maximum absolute atomic E-state index is 12.8. The van der Waals surface area contributed by atoms with Crippen LogP contribution < -0.4 is 0 Å². The van der Waals surface area contributed by atoms with Gasteiger partial charge in [-0.05, 0) is 36.4 Å². The van der Waals surface area contributed by atoms with Crippen LogP contribution in [-0.2, 0) is 0 Å². The van der Waals surface area contributed by atoms with Gasteiger partial charge in [0.05, 0.1) is 0 Å². The van der Waals surface area contributed by atoms with Crippen LogP contribution in [-0.4, -0.2) is 71.8 Å². The molecule has 0 bridgehead atoms. The fraction of sp³-hybridized carbons (Fsp3) is 0.304. The van der Waals surface area contributed by atoms with E-state index in [1.54, 1.807) is 0 Å². The second-order valence-electron chi connectivity index (χ2n) is 7.85. The highest BCUT2D eigenvalue weighted by atomic mass is 79.9. The van der Waals surface area contributed by atoms with Crippen LogP contribution in [0.5, 0.6) is 0 Å². The zero-order chi connectivity index (χ0) is 20.7.